The van der Waals surface area contributed by atoms with Gasteiger partial charge in [-0.3, -0.25) is 4.79 Å². The minimum absolute atomic E-state index is 0.228. The summed E-state index contributed by atoms with van der Waals surface area (Å²) in [5, 5.41) is 12.7. The molecule has 0 atom stereocenters. The van der Waals surface area contributed by atoms with E-state index in [4.69, 9.17) is 17.3 Å². The topological polar surface area (TPSA) is 75.4 Å². The van der Waals surface area contributed by atoms with Gasteiger partial charge in [0, 0.05) is 12.2 Å². The van der Waals surface area contributed by atoms with Gasteiger partial charge in [-0.15, -0.1) is 0 Å². The molecule has 1 amide bonds. The number of primary amides is 1. The quantitative estimate of drug-likeness (QED) is 0.804. The molecule has 4 nitrogen and oxygen atoms in total. The average molecular weight is 277 g/mol. The summed E-state index contributed by atoms with van der Waals surface area (Å²) < 4.78 is 0. The third kappa shape index (κ3) is 3.39. The van der Waals surface area contributed by atoms with E-state index in [0.717, 1.165) is 11.3 Å². The predicted molar refractivity (Wildman–Crippen MR) is 75.4 cm³/mol. The zero-order valence-corrected chi connectivity index (χ0v) is 10.8. The lowest BCUT2D eigenvalue weighted by molar-refractivity contribution is 0.100. The Labute approximate surface area is 115 Å². The van der Waals surface area contributed by atoms with Crippen molar-refractivity contribution in [2.45, 2.75) is 6.54 Å². The number of hydrogen-bond donors (Lipinski definition) is 3. The van der Waals surface area contributed by atoms with E-state index < -0.39 is 5.91 Å². The van der Waals surface area contributed by atoms with E-state index in [0.29, 0.717) is 11.6 Å². The second-order valence-electron chi connectivity index (χ2n) is 4.08. The first-order chi connectivity index (χ1) is 9.06. The molecule has 0 fully saturated rings. The third-order valence-electron chi connectivity index (χ3n) is 2.66. The number of hydrogen-bond acceptors (Lipinski definition) is 3. The number of phenols is 1. The maximum absolute atomic E-state index is 11.2. The van der Waals surface area contributed by atoms with Crippen LogP contribution in [0.25, 0.3) is 0 Å². The standard InChI is InChI=1S/C14H13ClN2O2/c15-13-6-3-10(7-12(13)14(16)19)17-8-9-1-4-11(18)5-2-9/h1-7,17-18H,8H2,(H2,16,19). The van der Waals surface area contributed by atoms with Crippen molar-refractivity contribution in [3.63, 3.8) is 0 Å². The summed E-state index contributed by atoms with van der Waals surface area (Å²) in [6, 6.07) is 11.9. The predicted octanol–water partition coefficient (Wildman–Crippen LogP) is 2.76. The van der Waals surface area contributed by atoms with Crippen LogP contribution < -0.4 is 11.1 Å². The molecule has 0 aliphatic carbocycles. The van der Waals surface area contributed by atoms with Gasteiger partial charge >= 0.3 is 0 Å². The van der Waals surface area contributed by atoms with E-state index in [1.54, 1.807) is 30.3 Å². The summed E-state index contributed by atoms with van der Waals surface area (Å²) in [6.45, 7) is 0.570. The number of nitrogens with one attached hydrogen (secondary N) is 1. The first-order valence-electron chi connectivity index (χ1n) is 5.67. The van der Waals surface area contributed by atoms with Gasteiger partial charge < -0.3 is 16.2 Å². The third-order valence-corrected chi connectivity index (χ3v) is 2.99. The first kappa shape index (κ1) is 13.2. The van der Waals surface area contributed by atoms with Crippen LogP contribution in [-0.4, -0.2) is 11.0 Å². The minimum atomic E-state index is -0.557. The summed E-state index contributed by atoms with van der Waals surface area (Å²) >= 11 is 5.87. The number of phenolic OH excluding ortho intramolecular Hbond substituents is 1. The molecule has 2 rings (SSSR count). The van der Waals surface area contributed by atoms with Crippen molar-refractivity contribution in [3.8, 4) is 5.75 Å². The number of halogens is 1. The van der Waals surface area contributed by atoms with Gasteiger partial charge in [-0.2, -0.15) is 0 Å². The largest absolute Gasteiger partial charge is 0.508 e. The Bertz CT molecular complexity index is 597. The van der Waals surface area contributed by atoms with Crippen molar-refractivity contribution in [2.75, 3.05) is 5.32 Å². The molecule has 0 aromatic heterocycles. The molecular weight excluding hydrogens is 264 g/mol. The van der Waals surface area contributed by atoms with E-state index >= 15 is 0 Å². The van der Waals surface area contributed by atoms with Crippen LogP contribution in [0.1, 0.15) is 15.9 Å². The van der Waals surface area contributed by atoms with Gasteiger partial charge in [0.25, 0.3) is 0 Å². The first-order valence-corrected chi connectivity index (χ1v) is 6.05. The van der Waals surface area contributed by atoms with Crippen LogP contribution in [0.4, 0.5) is 5.69 Å². The Hall–Kier alpha value is -2.20. The van der Waals surface area contributed by atoms with E-state index in [2.05, 4.69) is 5.32 Å². The monoisotopic (exact) mass is 276 g/mol. The second kappa shape index (κ2) is 5.63. The van der Waals surface area contributed by atoms with E-state index in [9.17, 15) is 9.90 Å². The van der Waals surface area contributed by atoms with Gasteiger partial charge in [-0.05, 0) is 35.9 Å². The Morgan fingerprint density at radius 3 is 2.53 bits per heavy atom. The van der Waals surface area contributed by atoms with Crippen LogP contribution in [0.3, 0.4) is 0 Å². The highest BCUT2D eigenvalue weighted by atomic mass is 35.5. The summed E-state index contributed by atoms with van der Waals surface area (Å²) in [6.07, 6.45) is 0. The highest BCUT2D eigenvalue weighted by Crippen LogP contribution is 2.20. The fraction of sp³-hybridized carbons (Fsp3) is 0.0714. The maximum Gasteiger partial charge on any atom is 0.250 e. The molecule has 0 bridgehead atoms. The van der Waals surface area contributed by atoms with Crippen molar-refractivity contribution >= 4 is 23.2 Å². The number of aromatic hydroxyl groups is 1. The van der Waals surface area contributed by atoms with E-state index in [-0.39, 0.29) is 11.3 Å². The van der Waals surface area contributed by atoms with Gasteiger partial charge in [0.2, 0.25) is 5.91 Å². The minimum Gasteiger partial charge on any atom is -0.508 e. The molecule has 19 heavy (non-hydrogen) atoms. The molecule has 5 heteroatoms. The van der Waals surface area contributed by atoms with Gasteiger partial charge in [-0.25, -0.2) is 0 Å². The number of carbonyl (C=O) groups excluding carboxylic acids is 1. The highest BCUT2D eigenvalue weighted by molar-refractivity contribution is 6.33. The lowest BCUT2D eigenvalue weighted by Crippen LogP contribution is -2.12. The summed E-state index contributed by atoms with van der Waals surface area (Å²) in [5.74, 6) is -0.329. The van der Waals surface area contributed by atoms with Crippen molar-refractivity contribution in [2.24, 2.45) is 5.73 Å². The molecule has 2 aromatic rings. The Kier molecular flexibility index (Phi) is 3.92. The Morgan fingerprint density at radius 1 is 1.21 bits per heavy atom. The lowest BCUT2D eigenvalue weighted by atomic mass is 10.1. The van der Waals surface area contributed by atoms with E-state index in [1.165, 1.54) is 0 Å². The van der Waals surface area contributed by atoms with Crippen LogP contribution in [0.2, 0.25) is 5.02 Å². The summed E-state index contributed by atoms with van der Waals surface area (Å²) in [5.41, 5.74) is 7.28. The molecule has 0 heterocycles. The second-order valence-corrected chi connectivity index (χ2v) is 4.49. The molecule has 0 radical (unpaired) electrons. The SMILES string of the molecule is NC(=O)c1cc(NCc2ccc(O)cc2)ccc1Cl. The molecule has 2 aromatic carbocycles. The fourth-order valence-corrected chi connectivity index (χ4v) is 1.85. The number of carbonyl (C=O) groups is 1. The lowest BCUT2D eigenvalue weighted by Gasteiger charge is -2.08. The Balaban J connectivity index is 2.09. The summed E-state index contributed by atoms with van der Waals surface area (Å²) in [4.78, 5) is 11.2. The number of benzene rings is 2. The molecular formula is C14H13ClN2O2. The fourth-order valence-electron chi connectivity index (χ4n) is 1.64. The normalized spacial score (nSPS) is 10.2. The molecule has 0 spiro atoms. The van der Waals surface area contributed by atoms with Crippen molar-refractivity contribution in [1.82, 2.24) is 0 Å². The van der Waals surface area contributed by atoms with Crippen molar-refractivity contribution < 1.29 is 9.90 Å². The van der Waals surface area contributed by atoms with Crippen LogP contribution in [0.5, 0.6) is 5.75 Å². The number of nitrogens with two attached hydrogens (primary N) is 1. The van der Waals surface area contributed by atoms with Crippen LogP contribution in [0.15, 0.2) is 42.5 Å². The van der Waals surface area contributed by atoms with Crippen LogP contribution >= 0.6 is 11.6 Å². The van der Waals surface area contributed by atoms with Gasteiger partial charge in [0.1, 0.15) is 5.75 Å². The highest BCUT2D eigenvalue weighted by Gasteiger charge is 2.07. The molecule has 0 saturated heterocycles. The zero-order chi connectivity index (χ0) is 13.8. The van der Waals surface area contributed by atoms with Crippen LogP contribution in [-0.2, 0) is 6.54 Å². The smallest absolute Gasteiger partial charge is 0.250 e. The Morgan fingerprint density at radius 2 is 1.89 bits per heavy atom. The zero-order valence-electron chi connectivity index (χ0n) is 10.1. The molecule has 4 N–H and O–H groups in total. The number of anilines is 1. The summed E-state index contributed by atoms with van der Waals surface area (Å²) in [7, 11) is 0. The molecule has 98 valence electrons. The van der Waals surface area contributed by atoms with Gasteiger partial charge in [-0.1, -0.05) is 23.7 Å². The maximum atomic E-state index is 11.2. The molecule has 0 unspecified atom stereocenters. The van der Waals surface area contributed by atoms with Crippen molar-refractivity contribution in [1.29, 1.82) is 0 Å². The van der Waals surface area contributed by atoms with Crippen molar-refractivity contribution in [3.05, 3.63) is 58.6 Å². The number of rotatable bonds is 4. The molecule has 0 saturated carbocycles. The average Bonchev–Trinajstić information content (AvgIpc) is 2.39. The van der Waals surface area contributed by atoms with Crippen LogP contribution in [0, 0.1) is 0 Å². The molecule has 0 aliphatic rings. The molecule has 0 aliphatic heterocycles. The number of amides is 1. The van der Waals surface area contributed by atoms with Gasteiger partial charge in [0.15, 0.2) is 0 Å². The van der Waals surface area contributed by atoms with Gasteiger partial charge in [0.05, 0.1) is 10.6 Å². The van der Waals surface area contributed by atoms with E-state index in [1.807, 2.05) is 12.1 Å².